The first-order valence-corrected chi connectivity index (χ1v) is 6.13. The molecule has 2 bridgehead atoms. The van der Waals surface area contributed by atoms with Crippen molar-refractivity contribution in [1.29, 1.82) is 0 Å². The molecular formula is C13H20O2. The summed E-state index contributed by atoms with van der Waals surface area (Å²) in [7, 11) is 0. The van der Waals surface area contributed by atoms with Crippen LogP contribution in [0.5, 0.6) is 0 Å². The predicted molar refractivity (Wildman–Crippen MR) is 59.4 cm³/mol. The number of rotatable bonds is 5. The van der Waals surface area contributed by atoms with Crippen LogP contribution >= 0.6 is 0 Å². The molecule has 0 heterocycles. The first kappa shape index (κ1) is 10.7. The first-order chi connectivity index (χ1) is 7.27. The third-order valence-corrected chi connectivity index (χ3v) is 3.66. The van der Waals surface area contributed by atoms with Crippen LogP contribution in [-0.2, 0) is 9.53 Å². The summed E-state index contributed by atoms with van der Waals surface area (Å²) in [6.07, 6.45) is 10.8. The van der Waals surface area contributed by atoms with E-state index in [1.165, 1.54) is 12.8 Å². The zero-order valence-electron chi connectivity index (χ0n) is 9.50. The minimum Gasteiger partial charge on any atom is -0.465 e. The van der Waals surface area contributed by atoms with Gasteiger partial charge in [0.1, 0.15) is 0 Å². The molecular weight excluding hydrogens is 188 g/mol. The molecule has 0 saturated heterocycles. The second kappa shape index (κ2) is 4.38. The van der Waals surface area contributed by atoms with Gasteiger partial charge in [-0.05, 0) is 31.6 Å². The van der Waals surface area contributed by atoms with Crippen LogP contribution < -0.4 is 0 Å². The van der Waals surface area contributed by atoms with Crippen LogP contribution in [0.1, 0.15) is 45.4 Å². The van der Waals surface area contributed by atoms with Crippen molar-refractivity contribution in [3.05, 3.63) is 12.2 Å². The lowest BCUT2D eigenvalue weighted by molar-refractivity contribution is -0.152. The molecule has 0 spiro atoms. The zero-order chi connectivity index (χ0) is 10.7. The van der Waals surface area contributed by atoms with Gasteiger partial charge in [-0.3, -0.25) is 4.79 Å². The van der Waals surface area contributed by atoms with E-state index in [4.69, 9.17) is 4.74 Å². The number of carbonyl (C=O) groups excluding carboxylic acids is 1. The Morgan fingerprint density at radius 3 is 2.93 bits per heavy atom. The molecule has 2 heteroatoms. The Hall–Kier alpha value is -0.790. The monoisotopic (exact) mass is 208 g/mol. The highest BCUT2D eigenvalue weighted by molar-refractivity contribution is 5.80. The van der Waals surface area contributed by atoms with Gasteiger partial charge in [0.25, 0.3) is 0 Å². The molecule has 0 amide bonds. The number of fused-ring (bicyclic) bond motifs is 2. The minimum atomic E-state index is -0.225. The Labute approximate surface area is 91.7 Å². The Morgan fingerprint density at radius 1 is 1.53 bits per heavy atom. The molecule has 1 fully saturated rings. The van der Waals surface area contributed by atoms with Crippen LogP contribution in [0.15, 0.2) is 12.2 Å². The molecule has 0 N–H and O–H groups in total. The largest absolute Gasteiger partial charge is 0.465 e. The lowest BCUT2D eigenvalue weighted by atomic mass is 9.88. The summed E-state index contributed by atoms with van der Waals surface area (Å²) in [6, 6.07) is 0. The number of esters is 1. The lowest BCUT2D eigenvalue weighted by Gasteiger charge is -2.20. The molecule has 0 aromatic rings. The van der Waals surface area contributed by atoms with E-state index in [9.17, 15) is 4.79 Å². The lowest BCUT2D eigenvalue weighted by Crippen LogP contribution is -2.27. The maximum Gasteiger partial charge on any atom is 0.315 e. The van der Waals surface area contributed by atoms with Crippen LogP contribution in [0, 0.1) is 11.3 Å². The molecule has 15 heavy (non-hydrogen) atoms. The zero-order valence-corrected chi connectivity index (χ0v) is 9.50. The summed E-state index contributed by atoms with van der Waals surface area (Å²) in [6.45, 7) is 2.76. The first-order valence-electron chi connectivity index (χ1n) is 6.13. The van der Waals surface area contributed by atoms with E-state index < -0.39 is 0 Å². The molecule has 2 atom stereocenters. The molecule has 2 aliphatic rings. The number of hydrogen-bond donors (Lipinski definition) is 0. The van der Waals surface area contributed by atoms with Crippen molar-refractivity contribution < 1.29 is 9.53 Å². The number of carbonyl (C=O) groups is 1. The number of allylic oxidation sites excluding steroid dienone is 1. The van der Waals surface area contributed by atoms with Gasteiger partial charge in [0, 0.05) is 0 Å². The fourth-order valence-corrected chi connectivity index (χ4v) is 2.66. The highest BCUT2D eigenvalue weighted by atomic mass is 16.5. The molecule has 2 rings (SSSR count). The van der Waals surface area contributed by atoms with E-state index in [1.807, 2.05) is 0 Å². The average Bonchev–Trinajstić information content (AvgIpc) is 2.85. The van der Waals surface area contributed by atoms with Crippen molar-refractivity contribution in [2.45, 2.75) is 45.4 Å². The van der Waals surface area contributed by atoms with Crippen molar-refractivity contribution >= 4 is 5.97 Å². The third-order valence-electron chi connectivity index (χ3n) is 3.66. The topological polar surface area (TPSA) is 26.3 Å². The molecule has 84 valence electrons. The summed E-state index contributed by atoms with van der Waals surface area (Å²) in [5, 5.41) is 0. The van der Waals surface area contributed by atoms with Gasteiger partial charge in [0.05, 0.1) is 12.0 Å². The highest BCUT2D eigenvalue weighted by Gasteiger charge is 2.47. The van der Waals surface area contributed by atoms with Gasteiger partial charge in [0.15, 0.2) is 0 Å². The maximum absolute atomic E-state index is 11.9. The van der Waals surface area contributed by atoms with Crippen molar-refractivity contribution in [2.75, 3.05) is 6.61 Å². The highest BCUT2D eigenvalue weighted by Crippen LogP contribution is 2.49. The van der Waals surface area contributed by atoms with E-state index in [0.29, 0.717) is 12.5 Å². The van der Waals surface area contributed by atoms with Crippen LogP contribution in [0.25, 0.3) is 0 Å². The van der Waals surface area contributed by atoms with Crippen LogP contribution in [0.2, 0.25) is 0 Å². The van der Waals surface area contributed by atoms with Crippen molar-refractivity contribution in [1.82, 2.24) is 0 Å². The van der Waals surface area contributed by atoms with Crippen LogP contribution in [0.4, 0.5) is 0 Å². The molecule has 2 nitrogen and oxygen atoms in total. The average molecular weight is 208 g/mol. The fourth-order valence-electron chi connectivity index (χ4n) is 2.66. The molecule has 2 aliphatic carbocycles. The maximum atomic E-state index is 11.9. The standard InChI is InChI=1S/C13H20O2/c1-2-3-4-9-15-12(14)13-7-5-11(10-13)6-8-13/h5,7,11H,2-4,6,8-10H2,1H3. The van der Waals surface area contributed by atoms with Gasteiger partial charge in [-0.25, -0.2) is 0 Å². The summed E-state index contributed by atoms with van der Waals surface area (Å²) in [5.41, 5.74) is -0.225. The van der Waals surface area contributed by atoms with E-state index in [1.54, 1.807) is 0 Å². The normalized spacial score (nSPS) is 32.2. The van der Waals surface area contributed by atoms with Crippen molar-refractivity contribution in [2.24, 2.45) is 11.3 Å². The van der Waals surface area contributed by atoms with E-state index in [0.717, 1.165) is 25.7 Å². The SMILES string of the molecule is CCCCCOC(=O)C12C=CC(CC1)C2. The molecule has 0 aromatic carbocycles. The van der Waals surface area contributed by atoms with Gasteiger partial charge >= 0.3 is 5.97 Å². The van der Waals surface area contributed by atoms with Crippen molar-refractivity contribution in [3.63, 3.8) is 0 Å². The predicted octanol–water partition coefficient (Wildman–Crippen LogP) is 3.08. The summed E-state index contributed by atoms with van der Waals surface area (Å²) < 4.78 is 5.36. The van der Waals surface area contributed by atoms with Crippen LogP contribution in [0.3, 0.4) is 0 Å². The fraction of sp³-hybridized carbons (Fsp3) is 0.769. The van der Waals surface area contributed by atoms with Gasteiger partial charge in [-0.1, -0.05) is 31.9 Å². The van der Waals surface area contributed by atoms with Gasteiger partial charge in [0.2, 0.25) is 0 Å². The smallest absolute Gasteiger partial charge is 0.315 e. The summed E-state index contributed by atoms with van der Waals surface area (Å²) in [5.74, 6) is 0.669. The Bertz CT molecular complexity index is 270. The van der Waals surface area contributed by atoms with Crippen LogP contribution in [-0.4, -0.2) is 12.6 Å². The second-order valence-corrected chi connectivity index (χ2v) is 4.86. The Balaban J connectivity index is 1.79. The summed E-state index contributed by atoms with van der Waals surface area (Å²) >= 11 is 0. The molecule has 0 radical (unpaired) electrons. The molecule has 2 unspecified atom stereocenters. The number of ether oxygens (including phenoxy) is 1. The molecule has 0 aromatic heterocycles. The Kier molecular flexibility index (Phi) is 3.13. The number of unbranched alkanes of at least 4 members (excludes halogenated alkanes) is 2. The van der Waals surface area contributed by atoms with E-state index in [2.05, 4.69) is 19.1 Å². The Morgan fingerprint density at radius 2 is 2.40 bits per heavy atom. The van der Waals surface area contributed by atoms with E-state index >= 15 is 0 Å². The molecule has 0 aliphatic heterocycles. The minimum absolute atomic E-state index is 0.0230. The van der Waals surface area contributed by atoms with Gasteiger partial charge in [-0.15, -0.1) is 0 Å². The van der Waals surface area contributed by atoms with Gasteiger partial charge in [-0.2, -0.15) is 0 Å². The summed E-state index contributed by atoms with van der Waals surface area (Å²) in [4.78, 5) is 11.9. The van der Waals surface area contributed by atoms with Gasteiger partial charge < -0.3 is 4.74 Å². The third kappa shape index (κ3) is 2.09. The molecule has 1 saturated carbocycles. The number of hydrogen-bond acceptors (Lipinski definition) is 2. The van der Waals surface area contributed by atoms with Crippen molar-refractivity contribution in [3.8, 4) is 0 Å². The van der Waals surface area contributed by atoms with E-state index in [-0.39, 0.29) is 11.4 Å². The quantitative estimate of drug-likeness (QED) is 0.394. The second-order valence-electron chi connectivity index (χ2n) is 4.86.